The molecule has 2 rings (SSSR count). The molecule has 1 aromatic heterocycles. The van der Waals surface area contributed by atoms with E-state index in [0.717, 1.165) is 31.5 Å². The van der Waals surface area contributed by atoms with E-state index in [1.807, 2.05) is 18.4 Å². The van der Waals surface area contributed by atoms with E-state index < -0.39 is 0 Å². The van der Waals surface area contributed by atoms with Gasteiger partial charge in [-0.1, -0.05) is 6.92 Å². The van der Waals surface area contributed by atoms with Gasteiger partial charge in [-0.2, -0.15) is 0 Å². The molecule has 1 aliphatic heterocycles. The van der Waals surface area contributed by atoms with Crippen LogP contribution in [0.3, 0.4) is 0 Å². The number of piperidine rings is 1. The highest BCUT2D eigenvalue weighted by molar-refractivity contribution is 14.0. The summed E-state index contributed by atoms with van der Waals surface area (Å²) in [4.78, 5) is 8.20. The van der Waals surface area contributed by atoms with Crippen LogP contribution in [0.4, 0.5) is 0 Å². The van der Waals surface area contributed by atoms with Crippen molar-refractivity contribution in [2.75, 3.05) is 20.1 Å². The van der Waals surface area contributed by atoms with E-state index in [9.17, 15) is 0 Å². The molecular weight excluding hydrogens is 369 g/mol. The number of nitrogens with zero attached hydrogens (tertiary/aromatic N) is 2. The van der Waals surface area contributed by atoms with E-state index in [-0.39, 0.29) is 24.0 Å². The maximum atomic E-state index is 4.41. The van der Waals surface area contributed by atoms with Gasteiger partial charge in [-0.05, 0) is 42.7 Å². The summed E-state index contributed by atoms with van der Waals surface area (Å²) in [6.45, 7) is 7.64. The number of likely N-dealkylation sites (tertiary alicyclic amines) is 1. The summed E-state index contributed by atoms with van der Waals surface area (Å²) < 4.78 is 0. The molecule has 0 aromatic carbocycles. The molecule has 0 radical (unpaired) electrons. The zero-order valence-electron chi connectivity index (χ0n) is 12.0. The van der Waals surface area contributed by atoms with E-state index >= 15 is 0 Å². The molecule has 3 nitrogen and oxygen atoms in total. The molecule has 0 saturated carbocycles. The fraction of sp³-hybridized carbons (Fsp3) is 0.643. The molecular formula is C14H24IN3S. The molecule has 0 spiro atoms. The summed E-state index contributed by atoms with van der Waals surface area (Å²) in [7, 11) is 1.88. The molecule has 1 aromatic rings. The minimum atomic E-state index is 0. The second-order valence-electron chi connectivity index (χ2n) is 5.12. The Hall–Kier alpha value is -0.300. The van der Waals surface area contributed by atoms with Crippen molar-refractivity contribution in [3.05, 3.63) is 21.9 Å². The van der Waals surface area contributed by atoms with E-state index in [2.05, 4.69) is 40.5 Å². The number of nitrogens with one attached hydrogen (secondary N) is 1. The topological polar surface area (TPSA) is 27.6 Å². The van der Waals surface area contributed by atoms with Crippen molar-refractivity contribution >= 4 is 41.3 Å². The number of halogens is 1. The average molecular weight is 393 g/mol. The Morgan fingerprint density at radius 1 is 1.58 bits per heavy atom. The zero-order valence-corrected chi connectivity index (χ0v) is 15.1. The Kier molecular flexibility index (Phi) is 7.13. The molecule has 1 fully saturated rings. The number of guanidine groups is 1. The minimum Gasteiger partial charge on any atom is -0.351 e. The summed E-state index contributed by atoms with van der Waals surface area (Å²) in [5, 5.41) is 5.64. The van der Waals surface area contributed by atoms with E-state index in [0.29, 0.717) is 0 Å². The Morgan fingerprint density at radius 2 is 2.37 bits per heavy atom. The maximum Gasteiger partial charge on any atom is 0.193 e. The van der Waals surface area contributed by atoms with Crippen molar-refractivity contribution in [3.63, 3.8) is 0 Å². The molecule has 1 saturated heterocycles. The van der Waals surface area contributed by atoms with Crippen LogP contribution < -0.4 is 5.32 Å². The first kappa shape index (κ1) is 16.8. The number of aliphatic imine (C=N–C) groups is 1. The first-order chi connectivity index (χ1) is 8.70. The lowest BCUT2D eigenvalue weighted by molar-refractivity contribution is 0.266. The minimum absolute atomic E-state index is 0. The highest BCUT2D eigenvalue weighted by atomic mass is 127. The van der Waals surface area contributed by atoms with Crippen molar-refractivity contribution in [1.82, 2.24) is 10.2 Å². The SMILES string of the molecule is CN=C(NCc1sccc1C)N1CCCC(C)C1.I. The zero-order chi connectivity index (χ0) is 13.0. The number of hydrogen-bond donors (Lipinski definition) is 1. The molecule has 1 atom stereocenters. The highest BCUT2D eigenvalue weighted by Gasteiger charge is 2.19. The van der Waals surface area contributed by atoms with Crippen LogP contribution in [0, 0.1) is 12.8 Å². The average Bonchev–Trinajstić information content (AvgIpc) is 2.76. The van der Waals surface area contributed by atoms with Gasteiger partial charge in [0.25, 0.3) is 0 Å². The van der Waals surface area contributed by atoms with Crippen molar-refractivity contribution in [2.24, 2.45) is 10.9 Å². The smallest absolute Gasteiger partial charge is 0.193 e. The third-order valence-corrected chi connectivity index (χ3v) is 4.57. The predicted molar refractivity (Wildman–Crippen MR) is 94.6 cm³/mol. The molecule has 1 unspecified atom stereocenters. The van der Waals surface area contributed by atoms with Crippen LogP contribution in [0.25, 0.3) is 0 Å². The molecule has 0 bridgehead atoms. The monoisotopic (exact) mass is 393 g/mol. The Morgan fingerprint density at radius 3 is 2.95 bits per heavy atom. The van der Waals surface area contributed by atoms with Gasteiger partial charge in [-0.3, -0.25) is 4.99 Å². The molecule has 1 aliphatic rings. The molecule has 5 heteroatoms. The fourth-order valence-corrected chi connectivity index (χ4v) is 3.30. The molecule has 0 amide bonds. The molecule has 2 heterocycles. The standard InChI is InChI=1S/C14H23N3S.HI/c1-11-5-4-7-17(10-11)14(15-3)16-9-13-12(2)6-8-18-13;/h6,8,11H,4-5,7,9-10H2,1-3H3,(H,15,16);1H. The Labute approximate surface area is 137 Å². The third-order valence-electron chi connectivity index (χ3n) is 3.54. The maximum absolute atomic E-state index is 4.41. The Balaban J connectivity index is 0.00000180. The van der Waals surface area contributed by atoms with Gasteiger partial charge >= 0.3 is 0 Å². The lowest BCUT2D eigenvalue weighted by Crippen LogP contribution is -2.45. The predicted octanol–water partition coefficient (Wildman–Crippen LogP) is 3.48. The second kappa shape index (κ2) is 8.09. The van der Waals surface area contributed by atoms with Crippen LogP contribution in [0.5, 0.6) is 0 Å². The van der Waals surface area contributed by atoms with Crippen molar-refractivity contribution in [3.8, 4) is 0 Å². The first-order valence-electron chi connectivity index (χ1n) is 6.69. The van der Waals surface area contributed by atoms with Crippen molar-refractivity contribution in [2.45, 2.75) is 33.2 Å². The van der Waals surface area contributed by atoms with Gasteiger partial charge in [-0.25, -0.2) is 0 Å². The number of hydrogen-bond acceptors (Lipinski definition) is 2. The van der Waals surface area contributed by atoms with Crippen molar-refractivity contribution < 1.29 is 0 Å². The summed E-state index contributed by atoms with van der Waals surface area (Å²) in [5.41, 5.74) is 1.37. The molecule has 19 heavy (non-hydrogen) atoms. The lowest BCUT2D eigenvalue weighted by atomic mass is 10.0. The van der Waals surface area contributed by atoms with Gasteiger partial charge < -0.3 is 10.2 Å². The van der Waals surface area contributed by atoms with E-state index in [1.54, 1.807) is 0 Å². The largest absolute Gasteiger partial charge is 0.351 e. The van der Waals surface area contributed by atoms with Crippen LogP contribution in [0.2, 0.25) is 0 Å². The quantitative estimate of drug-likeness (QED) is 0.473. The van der Waals surface area contributed by atoms with Gasteiger partial charge in [0.1, 0.15) is 0 Å². The molecule has 1 N–H and O–H groups in total. The summed E-state index contributed by atoms with van der Waals surface area (Å²) in [6, 6.07) is 2.17. The number of aryl methyl sites for hydroxylation is 1. The van der Waals surface area contributed by atoms with Crippen LogP contribution in [0.1, 0.15) is 30.2 Å². The first-order valence-corrected chi connectivity index (χ1v) is 7.57. The second-order valence-corrected chi connectivity index (χ2v) is 6.12. The van der Waals surface area contributed by atoms with Crippen LogP contribution >= 0.6 is 35.3 Å². The van der Waals surface area contributed by atoms with Crippen molar-refractivity contribution in [1.29, 1.82) is 0 Å². The normalized spacial score (nSPS) is 20.1. The van der Waals surface area contributed by atoms with Crippen LogP contribution in [-0.4, -0.2) is 31.0 Å². The number of thiophene rings is 1. The van der Waals surface area contributed by atoms with Gasteiger partial charge in [0.2, 0.25) is 0 Å². The lowest BCUT2D eigenvalue weighted by Gasteiger charge is -2.33. The van der Waals surface area contributed by atoms with Gasteiger partial charge in [0.15, 0.2) is 5.96 Å². The van der Waals surface area contributed by atoms with Gasteiger partial charge in [0, 0.05) is 25.0 Å². The highest BCUT2D eigenvalue weighted by Crippen LogP contribution is 2.17. The Bertz CT molecular complexity index is 417. The summed E-state index contributed by atoms with van der Waals surface area (Å²) in [6.07, 6.45) is 2.62. The molecule has 108 valence electrons. The van der Waals surface area contributed by atoms with Gasteiger partial charge in [0.05, 0.1) is 6.54 Å². The van der Waals surface area contributed by atoms with Gasteiger partial charge in [-0.15, -0.1) is 35.3 Å². The fourth-order valence-electron chi connectivity index (χ4n) is 2.46. The summed E-state index contributed by atoms with van der Waals surface area (Å²) >= 11 is 1.81. The summed E-state index contributed by atoms with van der Waals surface area (Å²) in [5.74, 6) is 1.83. The third kappa shape index (κ3) is 4.63. The van der Waals surface area contributed by atoms with Crippen LogP contribution in [-0.2, 0) is 6.54 Å². The van der Waals surface area contributed by atoms with E-state index in [1.165, 1.54) is 23.3 Å². The van der Waals surface area contributed by atoms with Crippen LogP contribution in [0.15, 0.2) is 16.4 Å². The molecule has 0 aliphatic carbocycles. The number of rotatable bonds is 2. The van der Waals surface area contributed by atoms with E-state index in [4.69, 9.17) is 0 Å².